The van der Waals surface area contributed by atoms with Crippen molar-refractivity contribution in [2.45, 2.75) is 32.1 Å². The maximum absolute atomic E-state index is 13.3. The van der Waals surface area contributed by atoms with Crippen LogP contribution in [0.3, 0.4) is 0 Å². The molecule has 0 saturated carbocycles. The Morgan fingerprint density at radius 3 is 2.74 bits per heavy atom. The highest BCUT2D eigenvalue weighted by molar-refractivity contribution is 14.0. The molecule has 1 saturated heterocycles. The van der Waals surface area contributed by atoms with Gasteiger partial charge in [-0.3, -0.25) is 4.99 Å². The van der Waals surface area contributed by atoms with Crippen LogP contribution in [0.25, 0.3) is 10.9 Å². The van der Waals surface area contributed by atoms with Crippen molar-refractivity contribution < 1.29 is 4.39 Å². The normalized spacial score (nSPS) is 15.1. The Morgan fingerprint density at radius 1 is 1.19 bits per heavy atom. The molecule has 0 spiro atoms. The first kappa shape index (κ1) is 21.9. The molecule has 7 heteroatoms. The van der Waals surface area contributed by atoms with E-state index in [4.69, 9.17) is 0 Å². The Kier molecular flexibility index (Phi) is 9.33. The molecule has 1 aromatic heterocycles. The predicted octanol–water partition coefficient (Wildman–Crippen LogP) is 3.51. The summed E-state index contributed by atoms with van der Waals surface area (Å²) in [5.74, 6) is 0.635. The van der Waals surface area contributed by atoms with Crippen molar-refractivity contribution in [2.24, 2.45) is 4.99 Å². The van der Waals surface area contributed by atoms with E-state index in [-0.39, 0.29) is 29.8 Å². The van der Waals surface area contributed by atoms with Gasteiger partial charge >= 0.3 is 0 Å². The number of hydrogen-bond acceptors (Lipinski definition) is 2. The summed E-state index contributed by atoms with van der Waals surface area (Å²) in [5, 5.41) is 7.82. The number of likely N-dealkylation sites (tertiary alicyclic amines) is 1. The molecule has 0 atom stereocenters. The Labute approximate surface area is 178 Å². The third-order valence-electron chi connectivity index (χ3n) is 5.03. The molecule has 0 unspecified atom stereocenters. The Morgan fingerprint density at radius 2 is 1.96 bits per heavy atom. The van der Waals surface area contributed by atoms with Crippen LogP contribution < -0.4 is 10.6 Å². The van der Waals surface area contributed by atoms with Gasteiger partial charge in [-0.25, -0.2) is 4.39 Å². The SMILES string of the molecule is CN=C(NCCCCN1CCCC1)NCCc1c[nH]c2cc(F)ccc12.I. The fourth-order valence-electron chi connectivity index (χ4n) is 3.57. The van der Waals surface area contributed by atoms with Crippen molar-refractivity contribution in [2.75, 3.05) is 39.8 Å². The number of halogens is 2. The molecule has 1 aromatic carbocycles. The lowest BCUT2D eigenvalue weighted by molar-refractivity contribution is 0.330. The zero-order valence-corrected chi connectivity index (χ0v) is 18.4. The minimum Gasteiger partial charge on any atom is -0.361 e. The number of aliphatic imine (C=N–C) groups is 1. The molecule has 150 valence electrons. The summed E-state index contributed by atoms with van der Waals surface area (Å²) in [6.07, 6.45) is 7.93. The monoisotopic (exact) mass is 487 g/mol. The minimum atomic E-state index is -0.210. The van der Waals surface area contributed by atoms with Gasteiger partial charge in [0, 0.05) is 37.2 Å². The number of rotatable bonds is 8. The van der Waals surface area contributed by atoms with E-state index in [1.807, 2.05) is 12.3 Å². The summed E-state index contributed by atoms with van der Waals surface area (Å²) in [4.78, 5) is 9.97. The maximum atomic E-state index is 13.3. The molecular weight excluding hydrogens is 456 g/mol. The van der Waals surface area contributed by atoms with E-state index in [1.165, 1.54) is 56.6 Å². The summed E-state index contributed by atoms with van der Waals surface area (Å²) >= 11 is 0. The van der Waals surface area contributed by atoms with Gasteiger partial charge in [0.25, 0.3) is 0 Å². The minimum absolute atomic E-state index is 0. The molecule has 0 bridgehead atoms. The fourth-order valence-corrected chi connectivity index (χ4v) is 3.57. The Bertz CT molecular complexity index is 724. The molecule has 1 aliphatic heterocycles. The molecule has 2 heterocycles. The van der Waals surface area contributed by atoms with Crippen LogP contribution in [0.4, 0.5) is 4.39 Å². The highest BCUT2D eigenvalue weighted by atomic mass is 127. The number of aromatic amines is 1. The molecule has 3 N–H and O–H groups in total. The van der Waals surface area contributed by atoms with Crippen LogP contribution in [0, 0.1) is 5.82 Å². The predicted molar refractivity (Wildman–Crippen MR) is 122 cm³/mol. The molecule has 1 fully saturated rings. The molecule has 1 aliphatic rings. The smallest absolute Gasteiger partial charge is 0.190 e. The van der Waals surface area contributed by atoms with Crippen molar-refractivity contribution in [1.82, 2.24) is 20.5 Å². The second-order valence-electron chi connectivity index (χ2n) is 6.94. The van der Waals surface area contributed by atoms with Gasteiger partial charge in [-0.1, -0.05) is 0 Å². The zero-order valence-electron chi connectivity index (χ0n) is 16.1. The molecule has 0 amide bonds. The van der Waals surface area contributed by atoms with E-state index in [0.29, 0.717) is 0 Å². The highest BCUT2D eigenvalue weighted by Gasteiger charge is 2.10. The van der Waals surface area contributed by atoms with E-state index in [1.54, 1.807) is 7.05 Å². The number of nitrogens with one attached hydrogen (secondary N) is 3. The molecule has 0 radical (unpaired) electrons. The van der Waals surface area contributed by atoms with E-state index in [2.05, 4.69) is 25.5 Å². The number of guanidine groups is 1. The average Bonchev–Trinajstić information content (AvgIpc) is 3.29. The molecule has 5 nitrogen and oxygen atoms in total. The van der Waals surface area contributed by atoms with Gasteiger partial charge in [-0.15, -0.1) is 24.0 Å². The van der Waals surface area contributed by atoms with Crippen LogP contribution in [-0.4, -0.2) is 55.6 Å². The van der Waals surface area contributed by atoms with Crippen LogP contribution >= 0.6 is 24.0 Å². The quantitative estimate of drug-likeness (QED) is 0.231. The van der Waals surface area contributed by atoms with Crippen LogP contribution in [0.1, 0.15) is 31.2 Å². The summed E-state index contributed by atoms with van der Waals surface area (Å²) in [6, 6.07) is 4.88. The highest BCUT2D eigenvalue weighted by Crippen LogP contribution is 2.19. The fraction of sp³-hybridized carbons (Fsp3) is 0.550. The van der Waals surface area contributed by atoms with E-state index < -0.39 is 0 Å². The van der Waals surface area contributed by atoms with Crippen molar-refractivity contribution in [3.05, 3.63) is 35.8 Å². The third kappa shape index (κ3) is 6.64. The Hall–Kier alpha value is -1.35. The maximum Gasteiger partial charge on any atom is 0.190 e. The molecule has 27 heavy (non-hydrogen) atoms. The lowest BCUT2D eigenvalue weighted by atomic mass is 10.1. The van der Waals surface area contributed by atoms with E-state index in [9.17, 15) is 4.39 Å². The average molecular weight is 487 g/mol. The van der Waals surface area contributed by atoms with Gasteiger partial charge in [-0.2, -0.15) is 0 Å². The number of benzene rings is 1. The van der Waals surface area contributed by atoms with Gasteiger partial charge < -0.3 is 20.5 Å². The second kappa shape index (κ2) is 11.5. The molecule has 2 aromatic rings. The first-order valence-electron chi connectivity index (χ1n) is 9.68. The second-order valence-corrected chi connectivity index (χ2v) is 6.94. The van der Waals surface area contributed by atoms with Gasteiger partial charge in [0.2, 0.25) is 0 Å². The van der Waals surface area contributed by atoms with Gasteiger partial charge in [0.15, 0.2) is 5.96 Å². The van der Waals surface area contributed by atoms with Crippen LogP contribution in [0.5, 0.6) is 0 Å². The number of fused-ring (bicyclic) bond motifs is 1. The van der Waals surface area contributed by atoms with E-state index >= 15 is 0 Å². The van der Waals surface area contributed by atoms with Crippen LogP contribution in [0.2, 0.25) is 0 Å². The first-order valence-corrected chi connectivity index (χ1v) is 9.68. The number of hydrogen-bond donors (Lipinski definition) is 3. The summed E-state index contributed by atoms with van der Waals surface area (Å²) in [5.41, 5.74) is 2.04. The largest absolute Gasteiger partial charge is 0.361 e. The first-order chi connectivity index (χ1) is 12.8. The van der Waals surface area contributed by atoms with Crippen LogP contribution in [0.15, 0.2) is 29.4 Å². The summed E-state index contributed by atoms with van der Waals surface area (Å²) < 4.78 is 13.3. The van der Waals surface area contributed by atoms with Crippen molar-refractivity contribution in [1.29, 1.82) is 0 Å². The van der Waals surface area contributed by atoms with Gasteiger partial charge in [0.1, 0.15) is 5.82 Å². The molecular formula is C20H31FIN5. The summed E-state index contributed by atoms with van der Waals surface area (Å²) in [6.45, 7) is 5.50. The van der Waals surface area contributed by atoms with Crippen LogP contribution in [-0.2, 0) is 6.42 Å². The molecule has 3 rings (SSSR count). The summed E-state index contributed by atoms with van der Waals surface area (Å²) in [7, 11) is 1.80. The lowest BCUT2D eigenvalue weighted by Gasteiger charge is -2.15. The lowest BCUT2D eigenvalue weighted by Crippen LogP contribution is -2.38. The molecule has 0 aliphatic carbocycles. The number of aromatic nitrogens is 1. The Balaban J connectivity index is 0.00000261. The van der Waals surface area contributed by atoms with Gasteiger partial charge in [-0.05, 0) is 75.5 Å². The van der Waals surface area contributed by atoms with Crippen molar-refractivity contribution in [3.8, 4) is 0 Å². The third-order valence-corrected chi connectivity index (χ3v) is 5.03. The standard InChI is InChI=1S/C20H30FN5.HI/c1-22-20(23-9-2-3-11-26-12-4-5-13-26)24-10-8-16-15-25-19-14-17(21)6-7-18(16)19;/h6-7,14-15,25H,2-5,8-13H2,1H3,(H2,22,23,24);1H. The number of nitrogens with zero attached hydrogens (tertiary/aromatic N) is 2. The van der Waals surface area contributed by atoms with Crippen molar-refractivity contribution in [3.63, 3.8) is 0 Å². The van der Waals surface area contributed by atoms with Gasteiger partial charge in [0.05, 0.1) is 0 Å². The number of unbranched alkanes of at least 4 members (excludes halogenated alkanes) is 1. The number of H-pyrrole nitrogens is 1. The zero-order chi connectivity index (χ0) is 18.2. The topological polar surface area (TPSA) is 55.5 Å². The van der Waals surface area contributed by atoms with Crippen molar-refractivity contribution >= 4 is 40.8 Å². The van der Waals surface area contributed by atoms with E-state index in [0.717, 1.165) is 42.8 Å².